The predicted molar refractivity (Wildman–Crippen MR) is 109 cm³/mol. The van der Waals surface area contributed by atoms with Gasteiger partial charge in [-0.05, 0) is 63.7 Å². The van der Waals surface area contributed by atoms with E-state index in [0.29, 0.717) is 37.2 Å². The first-order chi connectivity index (χ1) is 14.4. The lowest BCUT2D eigenvalue weighted by Gasteiger charge is -2.22. The lowest BCUT2D eigenvalue weighted by atomic mass is 10.3. The number of nitrogens with one attached hydrogen (secondary N) is 2. The quantitative estimate of drug-likeness (QED) is 0.300. The molecule has 2 aliphatic rings. The predicted octanol–water partition coefficient (Wildman–Crippen LogP) is 2.52. The summed E-state index contributed by atoms with van der Waals surface area (Å²) in [5.41, 5.74) is 2.97. The molecule has 1 aliphatic carbocycles. The number of amidine groups is 1. The van der Waals surface area contributed by atoms with E-state index in [1.54, 1.807) is 0 Å². The average Bonchev–Trinajstić information content (AvgIpc) is 3.31. The van der Waals surface area contributed by atoms with Crippen LogP contribution in [0.25, 0.3) is 0 Å². The fourth-order valence-corrected chi connectivity index (χ4v) is 5.32. The molecule has 2 aromatic rings. The van der Waals surface area contributed by atoms with Crippen molar-refractivity contribution in [3.05, 3.63) is 46.0 Å². The molecule has 0 radical (unpaired) electrons. The number of sulfonamides is 1. The largest absolute Gasteiger partial charge is 0.360 e. The molecule has 160 valence electrons. The van der Waals surface area contributed by atoms with Gasteiger partial charge in [0.25, 0.3) is 0 Å². The van der Waals surface area contributed by atoms with Crippen LogP contribution in [-0.2, 0) is 10.0 Å². The summed E-state index contributed by atoms with van der Waals surface area (Å²) in [6.07, 6.45) is 3.88. The highest BCUT2D eigenvalue weighted by Crippen LogP contribution is 2.34. The van der Waals surface area contributed by atoms with Gasteiger partial charge >= 0.3 is 0 Å². The van der Waals surface area contributed by atoms with Crippen LogP contribution in [0.4, 0.5) is 15.9 Å². The highest BCUT2D eigenvalue weighted by atomic mass is 79.9. The first-order valence-corrected chi connectivity index (χ1v) is 11.4. The Morgan fingerprint density at radius 2 is 2.20 bits per heavy atom. The summed E-state index contributed by atoms with van der Waals surface area (Å²) in [6, 6.07) is 4.07. The molecule has 13 heteroatoms. The maximum Gasteiger partial charge on any atom is 0.237 e. The molecule has 1 fully saturated rings. The van der Waals surface area contributed by atoms with Gasteiger partial charge in [0.05, 0.1) is 22.0 Å². The third-order valence-corrected chi connectivity index (χ3v) is 7.64. The highest BCUT2D eigenvalue weighted by Gasteiger charge is 2.41. The van der Waals surface area contributed by atoms with E-state index in [4.69, 9.17) is 4.63 Å². The summed E-state index contributed by atoms with van der Waals surface area (Å²) in [5.74, 6) is -0.373. The third kappa shape index (κ3) is 4.18. The van der Waals surface area contributed by atoms with Gasteiger partial charge in [0, 0.05) is 12.2 Å². The Balaban J connectivity index is 1.51. The smallest absolute Gasteiger partial charge is 0.237 e. The molecule has 1 aliphatic heterocycles. The molecule has 1 aromatic heterocycles. The van der Waals surface area contributed by atoms with Gasteiger partial charge < -0.3 is 5.32 Å². The van der Waals surface area contributed by atoms with Crippen molar-refractivity contribution in [3.63, 3.8) is 0 Å². The van der Waals surface area contributed by atoms with Gasteiger partial charge in [0.2, 0.25) is 15.8 Å². The Hall–Kier alpha value is -2.51. The summed E-state index contributed by atoms with van der Waals surface area (Å²) in [7, 11) is -3.33. The van der Waals surface area contributed by atoms with Gasteiger partial charge in [0.15, 0.2) is 11.5 Å². The Bertz CT molecular complexity index is 1120. The number of benzene rings is 1. The van der Waals surface area contributed by atoms with Crippen molar-refractivity contribution in [2.45, 2.75) is 24.5 Å². The third-order valence-electron chi connectivity index (χ3n) is 4.69. The van der Waals surface area contributed by atoms with Crippen LogP contribution in [-0.4, -0.2) is 52.4 Å². The summed E-state index contributed by atoms with van der Waals surface area (Å²) >= 11 is 3.07. The number of anilines is 1. The Labute approximate surface area is 180 Å². The van der Waals surface area contributed by atoms with Crippen LogP contribution in [0.3, 0.4) is 0 Å². The lowest BCUT2D eigenvalue weighted by Crippen LogP contribution is -2.33. The van der Waals surface area contributed by atoms with Crippen LogP contribution < -0.4 is 10.8 Å². The summed E-state index contributed by atoms with van der Waals surface area (Å²) in [4.78, 5) is 4.18. The Morgan fingerprint density at radius 3 is 2.90 bits per heavy atom. The molecule has 0 unspecified atom stereocenters. The standard InChI is InChI=1S/C17H18BrFN6O4S/c18-13-8-10(3-6-14(13)19)21-17(22-26)15-16(24-29-23-15)20-9-11-2-1-7-25(11)30(27,28)12-4-5-12/h2-3,6,8,12,26H,1,4-5,7,9H2,(H,20,24)(H,21,22). The molecular weight excluding hydrogens is 483 g/mol. The number of halogens is 2. The molecule has 0 atom stereocenters. The topological polar surface area (TPSA) is 133 Å². The fraction of sp³-hybridized carbons (Fsp3) is 0.353. The molecular formula is C17H18BrFN6O4S. The van der Waals surface area contributed by atoms with E-state index < -0.39 is 15.8 Å². The van der Waals surface area contributed by atoms with Crippen molar-refractivity contribution in [1.82, 2.24) is 20.1 Å². The number of hydrogen-bond donors (Lipinski definition) is 3. The van der Waals surface area contributed by atoms with E-state index >= 15 is 0 Å². The van der Waals surface area contributed by atoms with Crippen LogP contribution in [0.1, 0.15) is 25.0 Å². The van der Waals surface area contributed by atoms with E-state index in [1.165, 1.54) is 22.5 Å². The van der Waals surface area contributed by atoms with Gasteiger partial charge in [-0.15, -0.1) is 0 Å². The summed E-state index contributed by atoms with van der Waals surface area (Å²) in [6.45, 7) is 0.595. The number of nitrogens with zero attached hydrogens (tertiary/aromatic N) is 4. The molecule has 3 N–H and O–H groups in total. The average molecular weight is 501 g/mol. The van der Waals surface area contributed by atoms with Crippen molar-refractivity contribution >= 4 is 43.3 Å². The minimum atomic E-state index is -3.33. The maximum atomic E-state index is 13.4. The number of rotatable bonds is 7. The zero-order valence-electron chi connectivity index (χ0n) is 15.5. The van der Waals surface area contributed by atoms with Crippen LogP contribution in [0.15, 0.2) is 44.1 Å². The first kappa shape index (κ1) is 20.8. The summed E-state index contributed by atoms with van der Waals surface area (Å²) < 4.78 is 44.9. The molecule has 30 heavy (non-hydrogen) atoms. The Kier molecular flexibility index (Phi) is 5.75. The number of hydrogen-bond acceptors (Lipinski definition) is 8. The molecule has 4 rings (SSSR count). The monoisotopic (exact) mass is 500 g/mol. The van der Waals surface area contributed by atoms with Crippen LogP contribution >= 0.6 is 15.9 Å². The zero-order chi connectivity index (χ0) is 21.3. The SMILES string of the molecule is O=S(=O)(C1CC1)N1CCC=C1CNc1nonc1C(=Nc1ccc(F)c(Br)c1)NO. The molecule has 1 saturated carbocycles. The molecule has 1 aromatic carbocycles. The normalized spacial score (nSPS) is 17.2. The van der Waals surface area contributed by atoms with Crippen molar-refractivity contribution in [2.75, 3.05) is 18.4 Å². The van der Waals surface area contributed by atoms with Gasteiger partial charge in [-0.25, -0.2) is 22.4 Å². The lowest BCUT2D eigenvalue weighted by molar-refractivity contribution is 0.234. The van der Waals surface area contributed by atoms with Crippen molar-refractivity contribution in [1.29, 1.82) is 0 Å². The molecule has 2 heterocycles. The number of hydroxylamine groups is 1. The van der Waals surface area contributed by atoms with E-state index in [9.17, 15) is 18.0 Å². The minimum absolute atomic E-state index is 0.0770. The van der Waals surface area contributed by atoms with E-state index in [0.717, 1.165) is 0 Å². The number of aliphatic imine (C=N–C) groups is 1. The fourth-order valence-electron chi connectivity index (χ4n) is 3.04. The maximum absolute atomic E-state index is 13.4. The van der Waals surface area contributed by atoms with E-state index in [-0.39, 0.29) is 33.6 Å². The second-order valence-electron chi connectivity index (χ2n) is 6.79. The van der Waals surface area contributed by atoms with Gasteiger partial charge in [0.1, 0.15) is 5.82 Å². The van der Waals surface area contributed by atoms with Crippen molar-refractivity contribution in [2.24, 2.45) is 4.99 Å². The van der Waals surface area contributed by atoms with Gasteiger partial charge in [-0.1, -0.05) is 6.08 Å². The summed E-state index contributed by atoms with van der Waals surface area (Å²) in [5, 5.41) is 19.7. The van der Waals surface area contributed by atoms with Gasteiger partial charge in [-0.3, -0.25) is 15.0 Å². The van der Waals surface area contributed by atoms with Crippen molar-refractivity contribution in [3.8, 4) is 0 Å². The van der Waals surface area contributed by atoms with Crippen LogP contribution in [0.2, 0.25) is 0 Å². The first-order valence-electron chi connectivity index (χ1n) is 9.11. The van der Waals surface area contributed by atoms with Crippen LogP contribution in [0.5, 0.6) is 0 Å². The van der Waals surface area contributed by atoms with Gasteiger partial charge in [-0.2, -0.15) is 0 Å². The van der Waals surface area contributed by atoms with Crippen molar-refractivity contribution < 1.29 is 22.6 Å². The molecule has 10 nitrogen and oxygen atoms in total. The molecule has 0 bridgehead atoms. The Morgan fingerprint density at radius 1 is 1.40 bits per heavy atom. The van der Waals surface area contributed by atoms with E-state index in [1.807, 2.05) is 11.6 Å². The zero-order valence-corrected chi connectivity index (χ0v) is 17.9. The minimum Gasteiger partial charge on any atom is -0.360 e. The highest BCUT2D eigenvalue weighted by molar-refractivity contribution is 9.10. The number of aromatic nitrogens is 2. The second-order valence-corrected chi connectivity index (χ2v) is 9.78. The second kappa shape index (κ2) is 8.32. The molecule has 0 amide bonds. The molecule has 0 saturated heterocycles. The van der Waals surface area contributed by atoms with E-state index in [2.05, 4.69) is 36.6 Å². The molecule has 0 spiro atoms. The van der Waals surface area contributed by atoms with Crippen LogP contribution in [0, 0.1) is 5.82 Å².